The smallest absolute Gasteiger partial charge is 0.344 e. The van der Waals surface area contributed by atoms with Crippen molar-refractivity contribution in [2.75, 3.05) is 31.1 Å². The number of anilines is 1. The Morgan fingerprint density at radius 3 is 2.30 bits per heavy atom. The monoisotopic (exact) mass is 629 g/mol. The first kappa shape index (κ1) is 28.9. The van der Waals surface area contributed by atoms with Gasteiger partial charge in [-0.2, -0.15) is 9.23 Å². The minimum atomic E-state index is -4.52. The second kappa shape index (κ2) is 11.6. The standard InChI is InChI=1S/C34H27N7O4S/c35-23-24-11-12-28-29(22-24)40(34(43)41(28)46(44,45)30-10-4-8-25-9-5-15-37-31(25)30)32(26-6-2-1-3-7-26)33(42)39-20-18-38(19-21-39)27-13-16-36-17-14-27/h1-17,22,32H,18-21H2. The first-order valence-corrected chi connectivity index (χ1v) is 16.1. The summed E-state index contributed by atoms with van der Waals surface area (Å²) >= 11 is 0. The van der Waals surface area contributed by atoms with Gasteiger partial charge in [-0.25, -0.2) is 13.2 Å². The van der Waals surface area contributed by atoms with Crippen molar-refractivity contribution in [1.29, 1.82) is 5.26 Å². The second-order valence-electron chi connectivity index (χ2n) is 10.9. The van der Waals surface area contributed by atoms with Gasteiger partial charge in [0, 0.05) is 55.8 Å². The molecule has 46 heavy (non-hydrogen) atoms. The average Bonchev–Trinajstić information content (AvgIpc) is 3.40. The number of piperazine rings is 1. The van der Waals surface area contributed by atoms with Crippen LogP contribution in [0.3, 0.4) is 0 Å². The van der Waals surface area contributed by atoms with E-state index in [-0.39, 0.29) is 32.9 Å². The van der Waals surface area contributed by atoms with E-state index >= 15 is 0 Å². The Balaban J connectivity index is 1.39. The predicted octanol–water partition coefficient (Wildman–Crippen LogP) is 3.79. The molecule has 6 aromatic rings. The van der Waals surface area contributed by atoms with Crippen molar-refractivity contribution in [1.82, 2.24) is 23.4 Å². The molecule has 0 spiro atoms. The lowest BCUT2D eigenvalue weighted by Crippen LogP contribution is -2.51. The number of aromatic nitrogens is 4. The number of benzene rings is 3. The Morgan fingerprint density at radius 1 is 0.826 bits per heavy atom. The fourth-order valence-corrected chi connectivity index (χ4v) is 7.65. The van der Waals surface area contributed by atoms with E-state index in [0.29, 0.717) is 37.1 Å². The normalized spacial score (nSPS) is 14.3. The Hall–Kier alpha value is -5.80. The Morgan fingerprint density at radius 2 is 1.57 bits per heavy atom. The number of carbonyl (C=O) groups is 1. The molecule has 1 aliphatic rings. The Labute approximate surface area is 264 Å². The van der Waals surface area contributed by atoms with Crippen molar-refractivity contribution in [2.24, 2.45) is 0 Å². The van der Waals surface area contributed by atoms with Crippen LogP contribution in [0.1, 0.15) is 17.2 Å². The van der Waals surface area contributed by atoms with Crippen molar-refractivity contribution >= 4 is 43.6 Å². The summed E-state index contributed by atoms with van der Waals surface area (Å²) < 4.78 is 30.7. The minimum absolute atomic E-state index is 0.0492. The molecule has 12 heteroatoms. The summed E-state index contributed by atoms with van der Waals surface area (Å²) in [4.78, 5) is 41.1. The highest BCUT2D eigenvalue weighted by atomic mass is 32.2. The average molecular weight is 630 g/mol. The fraction of sp³-hybridized carbons (Fsp3) is 0.147. The SMILES string of the molecule is N#Cc1ccc2c(c1)n(C(C(=O)N1CCN(c3ccncc3)CC1)c1ccccc1)c(=O)n2S(=O)(=O)c1cccc2cccnc12. The highest BCUT2D eigenvalue weighted by Crippen LogP contribution is 2.30. The number of nitrogens with zero attached hydrogens (tertiary/aromatic N) is 7. The number of carbonyl (C=O) groups excluding carboxylic acids is 1. The molecule has 4 heterocycles. The molecule has 1 unspecified atom stereocenters. The van der Waals surface area contributed by atoms with Gasteiger partial charge in [0.25, 0.3) is 15.9 Å². The highest BCUT2D eigenvalue weighted by Gasteiger charge is 2.36. The molecule has 228 valence electrons. The van der Waals surface area contributed by atoms with Gasteiger partial charge in [0.1, 0.15) is 10.9 Å². The molecule has 1 aliphatic heterocycles. The number of hydrogen-bond donors (Lipinski definition) is 0. The van der Waals surface area contributed by atoms with E-state index in [1.165, 1.54) is 35.0 Å². The molecule has 0 N–H and O–H groups in total. The van der Waals surface area contributed by atoms with Gasteiger partial charge in [-0.1, -0.05) is 48.5 Å². The van der Waals surface area contributed by atoms with Gasteiger partial charge in [-0.3, -0.25) is 19.3 Å². The van der Waals surface area contributed by atoms with Crippen LogP contribution in [-0.2, 0) is 14.8 Å². The minimum Gasteiger partial charge on any atom is -0.368 e. The third kappa shape index (κ3) is 4.87. The maximum atomic E-state index is 14.5. The number of imidazole rings is 1. The molecule has 11 nitrogen and oxygen atoms in total. The van der Waals surface area contributed by atoms with Gasteiger partial charge in [-0.15, -0.1) is 0 Å². The molecule has 0 saturated carbocycles. The van der Waals surface area contributed by atoms with Crippen molar-refractivity contribution in [3.05, 3.63) is 131 Å². The van der Waals surface area contributed by atoms with Crippen LogP contribution in [0.15, 0.2) is 119 Å². The number of pyridine rings is 2. The van der Waals surface area contributed by atoms with Crippen LogP contribution in [0.5, 0.6) is 0 Å². The summed E-state index contributed by atoms with van der Waals surface area (Å²) in [7, 11) is -4.52. The number of hydrogen-bond acceptors (Lipinski definition) is 8. The summed E-state index contributed by atoms with van der Waals surface area (Å²) in [6.07, 6.45) is 4.93. The quantitative estimate of drug-likeness (QED) is 0.272. The van der Waals surface area contributed by atoms with E-state index in [1.807, 2.05) is 12.1 Å². The lowest BCUT2D eigenvalue weighted by molar-refractivity contribution is -0.133. The van der Waals surface area contributed by atoms with Gasteiger partial charge in [0.2, 0.25) is 0 Å². The van der Waals surface area contributed by atoms with Crippen LogP contribution in [-0.4, -0.2) is 63.9 Å². The molecular weight excluding hydrogens is 602 g/mol. The van der Waals surface area contributed by atoms with Crippen molar-refractivity contribution in [3.63, 3.8) is 0 Å². The maximum absolute atomic E-state index is 14.5. The molecule has 7 rings (SSSR count). The fourth-order valence-electron chi connectivity index (χ4n) is 6.08. The van der Waals surface area contributed by atoms with E-state index in [4.69, 9.17) is 0 Å². The van der Waals surface area contributed by atoms with Crippen LogP contribution < -0.4 is 10.6 Å². The molecule has 1 saturated heterocycles. The van der Waals surface area contributed by atoms with Crippen LogP contribution >= 0.6 is 0 Å². The molecule has 1 atom stereocenters. The van der Waals surface area contributed by atoms with E-state index < -0.39 is 21.8 Å². The van der Waals surface area contributed by atoms with Gasteiger partial charge in [0.05, 0.1) is 28.2 Å². The number of fused-ring (bicyclic) bond motifs is 2. The Bertz CT molecular complexity index is 2300. The first-order chi connectivity index (χ1) is 22.4. The van der Waals surface area contributed by atoms with E-state index in [0.717, 1.165) is 9.66 Å². The summed E-state index contributed by atoms with van der Waals surface area (Å²) in [6, 6.07) is 26.0. The van der Waals surface area contributed by atoms with E-state index in [9.17, 15) is 23.3 Å². The first-order valence-electron chi connectivity index (χ1n) is 14.6. The third-order valence-electron chi connectivity index (χ3n) is 8.30. The molecule has 3 aromatic carbocycles. The van der Waals surface area contributed by atoms with Gasteiger partial charge >= 0.3 is 5.69 Å². The van der Waals surface area contributed by atoms with Crippen LogP contribution in [0.4, 0.5) is 5.69 Å². The largest absolute Gasteiger partial charge is 0.368 e. The molecular formula is C34H27N7O4S. The number of rotatable bonds is 6. The zero-order valence-corrected chi connectivity index (χ0v) is 25.3. The summed E-state index contributed by atoms with van der Waals surface area (Å²) in [5.74, 6) is -0.353. The molecule has 0 aliphatic carbocycles. The maximum Gasteiger partial charge on any atom is 0.344 e. The van der Waals surface area contributed by atoms with Crippen molar-refractivity contribution in [2.45, 2.75) is 10.9 Å². The van der Waals surface area contributed by atoms with Gasteiger partial charge in [0.15, 0.2) is 0 Å². The summed E-state index contributed by atoms with van der Waals surface area (Å²) in [5, 5.41) is 10.3. The van der Waals surface area contributed by atoms with Gasteiger partial charge < -0.3 is 9.80 Å². The van der Waals surface area contributed by atoms with Crippen LogP contribution in [0, 0.1) is 11.3 Å². The molecule has 0 radical (unpaired) electrons. The topological polar surface area (TPSA) is 134 Å². The highest BCUT2D eigenvalue weighted by molar-refractivity contribution is 7.90. The summed E-state index contributed by atoms with van der Waals surface area (Å²) in [6.45, 7) is 1.91. The second-order valence-corrected chi connectivity index (χ2v) is 12.7. The summed E-state index contributed by atoms with van der Waals surface area (Å²) in [5.41, 5.74) is 1.22. The van der Waals surface area contributed by atoms with Gasteiger partial charge in [-0.05, 0) is 48.0 Å². The van der Waals surface area contributed by atoms with Crippen LogP contribution in [0.2, 0.25) is 0 Å². The zero-order chi connectivity index (χ0) is 31.8. The predicted molar refractivity (Wildman–Crippen MR) is 173 cm³/mol. The Kier molecular flexibility index (Phi) is 7.30. The van der Waals surface area contributed by atoms with E-state index in [2.05, 4.69) is 20.9 Å². The van der Waals surface area contributed by atoms with Crippen molar-refractivity contribution < 1.29 is 13.2 Å². The number of para-hydroxylation sites is 1. The zero-order valence-electron chi connectivity index (χ0n) is 24.5. The lowest BCUT2D eigenvalue weighted by Gasteiger charge is -2.37. The van der Waals surface area contributed by atoms with E-state index in [1.54, 1.807) is 71.9 Å². The molecule has 1 amide bonds. The molecule has 0 bridgehead atoms. The van der Waals surface area contributed by atoms with Crippen LogP contribution in [0.25, 0.3) is 21.9 Å². The number of nitriles is 1. The lowest BCUT2D eigenvalue weighted by atomic mass is 10.0. The molecule has 3 aromatic heterocycles. The van der Waals surface area contributed by atoms with Crippen molar-refractivity contribution in [3.8, 4) is 6.07 Å². The third-order valence-corrected chi connectivity index (χ3v) is 10.0. The number of amides is 1. The molecule has 1 fully saturated rings.